The van der Waals surface area contributed by atoms with Crippen LogP contribution in [0.25, 0.3) is 89.2 Å². The molecule has 0 N–H and O–H groups in total. The molecule has 1 aliphatic rings. The van der Waals surface area contributed by atoms with Crippen LogP contribution in [0.1, 0.15) is 0 Å². The lowest BCUT2D eigenvalue weighted by Crippen LogP contribution is -2.11. The first kappa shape index (κ1) is 32.9. The maximum Gasteiger partial charge on any atom is 0.160 e. The van der Waals surface area contributed by atoms with Crippen molar-refractivity contribution < 1.29 is 4.57 Å². The van der Waals surface area contributed by atoms with E-state index in [1.54, 1.807) is 0 Å². The van der Waals surface area contributed by atoms with Crippen molar-refractivity contribution in [2.24, 2.45) is 0 Å². The van der Waals surface area contributed by atoms with Crippen LogP contribution in [0.2, 0.25) is 0 Å². The fourth-order valence-electron chi connectivity index (χ4n) is 8.19. The molecule has 0 aliphatic carbocycles. The molecular formula is C51H35N2OP. The number of hydrogen-bond donors (Lipinski definition) is 0. The molecule has 1 unspecified atom stereocenters. The fourth-order valence-corrected chi connectivity index (χ4v) is 10.8. The molecule has 55 heavy (non-hydrogen) atoms. The standard InChI is InChI=1S/C51H35N2OP/c1-55(54)49-25-11-10-22-44(49)46-24-13-23-45(50(46)55)43-31-30-40(41-20-8-9-21-42(41)43)35-26-28-36(29-27-35)47-33-48(53-51(52-47)37-16-6-3-7-17-37)39-19-12-18-38(32-39)34-14-4-2-5-15-34/h2-33H,1H3. The fraction of sp³-hybridized carbons (Fsp3) is 0.0196. The minimum absolute atomic E-state index is 0.691. The molecule has 4 heteroatoms. The highest BCUT2D eigenvalue weighted by Gasteiger charge is 2.37. The molecule has 1 atom stereocenters. The van der Waals surface area contributed by atoms with E-state index in [1.807, 2.05) is 49.1 Å². The molecule has 0 bridgehead atoms. The molecule has 0 saturated heterocycles. The van der Waals surface area contributed by atoms with Gasteiger partial charge in [-0.2, -0.15) is 0 Å². The summed E-state index contributed by atoms with van der Waals surface area (Å²) < 4.78 is 14.5. The van der Waals surface area contributed by atoms with Crippen LogP contribution in [0.4, 0.5) is 0 Å². The Morgan fingerprint density at radius 1 is 0.364 bits per heavy atom. The molecule has 1 aromatic heterocycles. The van der Waals surface area contributed by atoms with Crippen LogP contribution in [0.15, 0.2) is 194 Å². The van der Waals surface area contributed by atoms with E-state index in [1.165, 1.54) is 5.56 Å². The highest BCUT2D eigenvalue weighted by Crippen LogP contribution is 2.53. The average Bonchev–Trinajstić information content (AvgIpc) is 3.50. The number of benzene rings is 8. The number of aromatic nitrogens is 2. The second-order valence-corrected chi connectivity index (χ2v) is 17.0. The van der Waals surface area contributed by atoms with Crippen LogP contribution in [-0.4, -0.2) is 16.6 Å². The third-order valence-electron chi connectivity index (χ3n) is 10.8. The number of rotatable bonds is 6. The lowest BCUT2D eigenvalue weighted by Gasteiger charge is -2.17. The van der Waals surface area contributed by atoms with E-state index in [4.69, 9.17) is 9.97 Å². The summed E-state index contributed by atoms with van der Waals surface area (Å²) in [5.74, 6) is 0.691. The van der Waals surface area contributed by atoms with Crippen molar-refractivity contribution in [1.29, 1.82) is 0 Å². The molecule has 260 valence electrons. The first-order chi connectivity index (χ1) is 27.0. The van der Waals surface area contributed by atoms with Gasteiger partial charge in [0.05, 0.1) is 11.4 Å². The molecule has 8 aromatic carbocycles. The normalized spacial score (nSPS) is 14.4. The quantitative estimate of drug-likeness (QED) is 0.161. The van der Waals surface area contributed by atoms with Crippen LogP contribution < -0.4 is 10.6 Å². The Kier molecular flexibility index (Phi) is 7.98. The van der Waals surface area contributed by atoms with Gasteiger partial charge < -0.3 is 4.57 Å². The summed E-state index contributed by atoms with van der Waals surface area (Å²) in [5.41, 5.74) is 13.6. The molecule has 0 radical (unpaired) electrons. The summed E-state index contributed by atoms with van der Waals surface area (Å²) in [6.45, 7) is 1.92. The molecule has 10 rings (SSSR count). The molecule has 2 heterocycles. The third kappa shape index (κ3) is 5.73. The zero-order chi connectivity index (χ0) is 36.9. The molecule has 0 amide bonds. The topological polar surface area (TPSA) is 42.9 Å². The van der Waals surface area contributed by atoms with E-state index < -0.39 is 7.14 Å². The number of fused-ring (bicyclic) bond motifs is 4. The maximum absolute atomic E-state index is 14.5. The van der Waals surface area contributed by atoms with Gasteiger partial charge in [0.25, 0.3) is 0 Å². The van der Waals surface area contributed by atoms with Crippen LogP contribution in [0, 0.1) is 0 Å². The smallest absolute Gasteiger partial charge is 0.160 e. The Morgan fingerprint density at radius 2 is 0.873 bits per heavy atom. The number of nitrogens with zero attached hydrogens (tertiary/aromatic N) is 2. The Balaban J connectivity index is 1.05. The summed E-state index contributed by atoms with van der Waals surface area (Å²) in [5, 5.41) is 4.20. The van der Waals surface area contributed by atoms with Crippen molar-refractivity contribution in [1.82, 2.24) is 9.97 Å². The summed E-state index contributed by atoms with van der Waals surface area (Å²) in [4.78, 5) is 10.2. The molecule has 3 nitrogen and oxygen atoms in total. The SMILES string of the molecule is CP1(=O)c2ccccc2-c2cccc(-c3ccc(-c4ccc(-c5cc(-c6cccc(-c7ccccc7)c6)nc(-c6ccccc6)n5)cc4)c4ccccc34)c21. The van der Waals surface area contributed by atoms with Crippen molar-refractivity contribution >= 4 is 28.5 Å². The predicted molar refractivity (Wildman–Crippen MR) is 230 cm³/mol. The Hall–Kier alpha value is -6.67. The van der Waals surface area contributed by atoms with Crippen molar-refractivity contribution in [2.75, 3.05) is 6.66 Å². The maximum atomic E-state index is 14.5. The third-order valence-corrected chi connectivity index (χ3v) is 13.5. The van der Waals surface area contributed by atoms with Gasteiger partial charge in [-0.1, -0.05) is 182 Å². The van der Waals surface area contributed by atoms with E-state index >= 15 is 0 Å². The Bertz CT molecular complexity index is 2960. The van der Waals surface area contributed by atoms with Crippen LogP contribution >= 0.6 is 7.14 Å². The van der Waals surface area contributed by atoms with E-state index in [2.05, 4.69) is 152 Å². The summed E-state index contributed by atoms with van der Waals surface area (Å²) in [6.07, 6.45) is 0. The van der Waals surface area contributed by atoms with Gasteiger partial charge in [-0.3, -0.25) is 0 Å². The van der Waals surface area contributed by atoms with Crippen LogP contribution in [0.3, 0.4) is 0 Å². The Labute approximate surface area is 321 Å². The summed E-state index contributed by atoms with van der Waals surface area (Å²) in [6, 6.07) is 67.5. The zero-order valence-corrected chi connectivity index (χ0v) is 31.1. The minimum atomic E-state index is -2.78. The summed E-state index contributed by atoms with van der Waals surface area (Å²) in [7, 11) is -2.78. The molecule has 0 spiro atoms. The second kappa shape index (κ2) is 13.3. The van der Waals surface area contributed by atoms with E-state index in [9.17, 15) is 4.57 Å². The monoisotopic (exact) mass is 722 g/mol. The van der Waals surface area contributed by atoms with Gasteiger partial charge in [-0.15, -0.1) is 0 Å². The van der Waals surface area contributed by atoms with Crippen molar-refractivity contribution in [3.8, 4) is 78.4 Å². The molecule has 1 aliphatic heterocycles. The Morgan fingerprint density at radius 3 is 1.62 bits per heavy atom. The highest BCUT2D eigenvalue weighted by atomic mass is 31.2. The van der Waals surface area contributed by atoms with Crippen molar-refractivity contribution in [3.63, 3.8) is 0 Å². The second-order valence-electron chi connectivity index (χ2n) is 14.2. The van der Waals surface area contributed by atoms with Gasteiger partial charge >= 0.3 is 0 Å². The first-order valence-corrected chi connectivity index (χ1v) is 20.7. The lowest BCUT2D eigenvalue weighted by atomic mass is 9.90. The van der Waals surface area contributed by atoms with Gasteiger partial charge in [0, 0.05) is 27.3 Å². The largest absolute Gasteiger partial charge is 0.314 e. The molecule has 0 saturated carbocycles. The first-order valence-electron chi connectivity index (χ1n) is 18.6. The van der Waals surface area contributed by atoms with E-state index in [-0.39, 0.29) is 0 Å². The number of hydrogen-bond acceptors (Lipinski definition) is 3. The molecular weight excluding hydrogens is 688 g/mol. The van der Waals surface area contributed by atoms with Gasteiger partial charge in [0.15, 0.2) is 5.82 Å². The van der Waals surface area contributed by atoms with Gasteiger partial charge in [0.2, 0.25) is 0 Å². The van der Waals surface area contributed by atoms with E-state index in [0.717, 1.165) is 88.4 Å². The summed E-state index contributed by atoms with van der Waals surface area (Å²) >= 11 is 0. The van der Waals surface area contributed by atoms with Gasteiger partial charge in [0.1, 0.15) is 7.14 Å². The van der Waals surface area contributed by atoms with Crippen molar-refractivity contribution in [3.05, 3.63) is 194 Å². The van der Waals surface area contributed by atoms with Crippen LogP contribution in [0.5, 0.6) is 0 Å². The lowest BCUT2D eigenvalue weighted by molar-refractivity contribution is 0.591. The molecule has 0 fully saturated rings. The minimum Gasteiger partial charge on any atom is -0.314 e. The van der Waals surface area contributed by atoms with Gasteiger partial charge in [-0.25, -0.2) is 9.97 Å². The van der Waals surface area contributed by atoms with Crippen LogP contribution in [-0.2, 0) is 4.57 Å². The average molecular weight is 723 g/mol. The zero-order valence-electron chi connectivity index (χ0n) is 30.2. The van der Waals surface area contributed by atoms with Gasteiger partial charge in [-0.05, 0) is 74.1 Å². The van der Waals surface area contributed by atoms with E-state index in [0.29, 0.717) is 5.82 Å². The highest BCUT2D eigenvalue weighted by molar-refractivity contribution is 7.79. The predicted octanol–water partition coefficient (Wildman–Crippen LogP) is 12.6. The van der Waals surface area contributed by atoms with Crippen molar-refractivity contribution in [2.45, 2.75) is 0 Å². The molecule has 9 aromatic rings.